The average Bonchev–Trinajstić information content (AvgIpc) is 2.96. The minimum atomic E-state index is -3.67. The van der Waals surface area contributed by atoms with Crippen molar-refractivity contribution in [2.45, 2.75) is 43.0 Å². The molecule has 0 unspecified atom stereocenters. The first-order valence-electron chi connectivity index (χ1n) is 8.24. The zero-order valence-corrected chi connectivity index (χ0v) is 14.9. The molecule has 0 spiro atoms. The van der Waals surface area contributed by atoms with Crippen molar-refractivity contribution in [2.75, 3.05) is 20.6 Å². The second-order valence-electron chi connectivity index (χ2n) is 6.99. The van der Waals surface area contributed by atoms with Crippen LogP contribution in [0.3, 0.4) is 0 Å². The molecule has 1 aliphatic heterocycles. The smallest absolute Gasteiger partial charge is 0.242 e. The van der Waals surface area contributed by atoms with Crippen molar-refractivity contribution in [1.82, 2.24) is 9.21 Å². The van der Waals surface area contributed by atoms with E-state index in [0.717, 1.165) is 37.8 Å². The van der Waals surface area contributed by atoms with Crippen LogP contribution in [0.25, 0.3) is 0 Å². The Morgan fingerprint density at radius 1 is 1.29 bits per heavy atom. The molecule has 2 fully saturated rings. The summed E-state index contributed by atoms with van der Waals surface area (Å²) in [5.74, 6) is -0.319. The third-order valence-corrected chi connectivity index (χ3v) is 7.43. The van der Waals surface area contributed by atoms with E-state index >= 15 is 0 Å². The summed E-state index contributed by atoms with van der Waals surface area (Å²) in [6.07, 6.45) is 4.06. The summed E-state index contributed by atoms with van der Waals surface area (Å²) >= 11 is 0. The molecule has 1 amide bonds. The van der Waals surface area contributed by atoms with E-state index in [2.05, 4.69) is 0 Å². The largest absolute Gasteiger partial charge is 0.342 e. The predicted octanol–water partition coefficient (Wildman–Crippen LogP) is 2.24. The van der Waals surface area contributed by atoms with Crippen LogP contribution >= 0.6 is 0 Å². The van der Waals surface area contributed by atoms with Crippen molar-refractivity contribution in [3.05, 3.63) is 30.1 Å². The van der Waals surface area contributed by atoms with Gasteiger partial charge in [0.2, 0.25) is 15.9 Å². The zero-order valence-electron chi connectivity index (χ0n) is 14.0. The Morgan fingerprint density at radius 3 is 2.62 bits per heavy atom. The van der Waals surface area contributed by atoms with Crippen LogP contribution in [-0.2, 0) is 14.8 Å². The van der Waals surface area contributed by atoms with Crippen LogP contribution in [0.2, 0.25) is 0 Å². The van der Waals surface area contributed by atoms with Crippen molar-refractivity contribution >= 4 is 15.9 Å². The van der Waals surface area contributed by atoms with Gasteiger partial charge in [-0.25, -0.2) is 17.1 Å². The lowest BCUT2D eigenvalue weighted by Gasteiger charge is -2.46. The van der Waals surface area contributed by atoms with Crippen LogP contribution < -0.4 is 0 Å². The van der Waals surface area contributed by atoms with Crippen LogP contribution in [-0.4, -0.2) is 50.2 Å². The van der Waals surface area contributed by atoms with Crippen LogP contribution in [0.4, 0.5) is 4.39 Å². The number of hydrogen-bond donors (Lipinski definition) is 0. The normalized spacial score (nSPS) is 27.6. The topological polar surface area (TPSA) is 57.7 Å². The molecule has 0 radical (unpaired) electrons. The van der Waals surface area contributed by atoms with Gasteiger partial charge in [0.25, 0.3) is 0 Å². The Hall–Kier alpha value is -1.47. The predicted molar refractivity (Wildman–Crippen MR) is 88.3 cm³/mol. The number of rotatable bonds is 4. The van der Waals surface area contributed by atoms with Crippen molar-refractivity contribution in [3.63, 3.8) is 0 Å². The number of hydrogen-bond acceptors (Lipinski definition) is 3. The van der Waals surface area contributed by atoms with Gasteiger partial charge < -0.3 is 4.90 Å². The Labute approximate surface area is 142 Å². The summed E-state index contributed by atoms with van der Waals surface area (Å²) < 4.78 is 40.0. The molecule has 1 heterocycles. The fraction of sp³-hybridized carbons (Fsp3) is 0.588. The van der Waals surface area contributed by atoms with Gasteiger partial charge >= 0.3 is 0 Å². The van der Waals surface area contributed by atoms with E-state index in [1.165, 1.54) is 16.4 Å². The standard InChI is InChI=1S/C17H23FN2O3S/c1-19(24(22,23)14-7-5-13(18)6-8-14)12-17-10-3-4-15(17)20(2)16(21)9-11-17/h5-8,15H,3-4,9-12H2,1-2H3/t15-,17+/m1/s1. The van der Waals surface area contributed by atoms with Crippen LogP contribution in [0.15, 0.2) is 29.2 Å². The lowest BCUT2D eigenvalue weighted by atomic mass is 9.75. The van der Waals surface area contributed by atoms with Crippen molar-refractivity contribution in [3.8, 4) is 0 Å². The van der Waals surface area contributed by atoms with E-state index in [4.69, 9.17) is 0 Å². The number of carbonyl (C=O) groups is 1. The van der Waals surface area contributed by atoms with E-state index in [-0.39, 0.29) is 22.3 Å². The molecule has 7 heteroatoms. The zero-order chi connectivity index (χ0) is 17.5. The summed E-state index contributed by atoms with van der Waals surface area (Å²) in [6.45, 7) is 0.384. The quantitative estimate of drug-likeness (QED) is 0.833. The van der Waals surface area contributed by atoms with Gasteiger partial charge in [0, 0.05) is 38.5 Å². The first-order valence-corrected chi connectivity index (χ1v) is 9.68. The highest BCUT2D eigenvalue weighted by atomic mass is 32.2. The number of nitrogens with zero attached hydrogens (tertiary/aromatic N) is 2. The fourth-order valence-corrected chi connectivity index (χ4v) is 5.57. The van der Waals surface area contributed by atoms with Crippen molar-refractivity contribution < 1.29 is 17.6 Å². The third-order valence-electron chi connectivity index (χ3n) is 5.62. The molecule has 0 N–H and O–H groups in total. The maximum Gasteiger partial charge on any atom is 0.242 e. The molecule has 0 bridgehead atoms. The lowest BCUT2D eigenvalue weighted by molar-refractivity contribution is -0.139. The van der Waals surface area contributed by atoms with Gasteiger partial charge in [-0.1, -0.05) is 6.42 Å². The third kappa shape index (κ3) is 2.84. The summed E-state index contributed by atoms with van der Waals surface area (Å²) in [4.78, 5) is 13.9. The van der Waals surface area contributed by atoms with E-state index in [0.29, 0.717) is 13.0 Å². The van der Waals surface area contributed by atoms with E-state index in [9.17, 15) is 17.6 Å². The summed E-state index contributed by atoms with van der Waals surface area (Å²) in [7, 11) is -0.278. The molecule has 24 heavy (non-hydrogen) atoms. The van der Waals surface area contributed by atoms with Gasteiger partial charge in [-0.05, 0) is 43.5 Å². The van der Waals surface area contributed by atoms with Gasteiger partial charge in [0.1, 0.15) is 5.82 Å². The fourth-order valence-electron chi connectivity index (χ4n) is 4.30. The minimum absolute atomic E-state index is 0.0950. The van der Waals surface area contributed by atoms with Crippen molar-refractivity contribution in [1.29, 1.82) is 0 Å². The monoisotopic (exact) mass is 354 g/mol. The first-order chi connectivity index (χ1) is 11.3. The first kappa shape index (κ1) is 17.4. The Balaban J connectivity index is 1.84. The maximum atomic E-state index is 13.1. The van der Waals surface area contributed by atoms with E-state index in [1.54, 1.807) is 11.9 Å². The summed E-state index contributed by atoms with van der Waals surface area (Å²) in [6, 6.07) is 5.00. The molecule has 1 saturated carbocycles. The molecule has 3 rings (SSSR count). The molecule has 1 saturated heterocycles. The number of amides is 1. The highest BCUT2D eigenvalue weighted by molar-refractivity contribution is 7.89. The Bertz CT molecular complexity index is 735. The number of carbonyl (C=O) groups excluding carboxylic acids is 1. The van der Waals surface area contributed by atoms with Crippen molar-refractivity contribution in [2.24, 2.45) is 5.41 Å². The van der Waals surface area contributed by atoms with Gasteiger partial charge in [-0.3, -0.25) is 4.79 Å². The molecule has 0 aromatic heterocycles. The molecule has 2 aliphatic rings. The highest BCUT2D eigenvalue weighted by Crippen LogP contribution is 2.48. The molecule has 1 aromatic rings. The second-order valence-corrected chi connectivity index (χ2v) is 9.03. The van der Waals surface area contributed by atoms with Crippen LogP contribution in [0.5, 0.6) is 0 Å². The lowest BCUT2D eigenvalue weighted by Crippen LogP contribution is -2.54. The van der Waals surface area contributed by atoms with Gasteiger partial charge in [0.05, 0.1) is 4.90 Å². The summed E-state index contributed by atoms with van der Waals surface area (Å²) in [5, 5.41) is 0. The Kier molecular flexibility index (Phi) is 4.42. The van der Waals surface area contributed by atoms with Crippen LogP contribution in [0, 0.1) is 11.2 Å². The maximum absolute atomic E-state index is 13.1. The second kappa shape index (κ2) is 6.11. The molecule has 1 aliphatic carbocycles. The van der Waals surface area contributed by atoms with Crippen LogP contribution in [0.1, 0.15) is 32.1 Å². The number of likely N-dealkylation sites (tertiary alicyclic amines) is 1. The summed E-state index contributed by atoms with van der Waals surface area (Å²) in [5.41, 5.74) is -0.176. The van der Waals surface area contributed by atoms with Gasteiger partial charge in [-0.2, -0.15) is 0 Å². The Morgan fingerprint density at radius 2 is 1.96 bits per heavy atom. The van der Waals surface area contributed by atoms with E-state index < -0.39 is 15.8 Å². The van der Waals surface area contributed by atoms with Gasteiger partial charge in [0.15, 0.2) is 0 Å². The molecule has 1 aromatic carbocycles. The molecular formula is C17H23FN2O3S. The molecule has 132 valence electrons. The molecule has 2 atom stereocenters. The molecular weight excluding hydrogens is 331 g/mol. The number of benzene rings is 1. The average molecular weight is 354 g/mol. The number of fused-ring (bicyclic) bond motifs is 1. The number of sulfonamides is 1. The number of piperidine rings is 1. The SMILES string of the molecule is CN1C(=O)CC[C@]2(CN(C)S(=O)(=O)c3ccc(F)cc3)CCC[C@@H]12. The minimum Gasteiger partial charge on any atom is -0.342 e. The molecule has 5 nitrogen and oxygen atoms in total. The highest BCUT2D eigenvalue weighted by Gasteiger charge is 2.50. The van der Waals surface area contributed by atoms with Gasteiger partial charge in [-0.15, -0.1) is 0 Å². The number of halogens is 1. The van der Waals surface area contributed by atoms with E-state index in [1.807, 2.05) is 7.05 Å².